The standard InChI is InChI=1S/C17H14N4O2/c1-21-13-7-6-9(18)8-11(13)14(17(21)22)16-15(20-23)10-4-2-3-5-12(10)19-16/h2-8,19,23H,18H2,1H3/b16-14-,20-15+. The Morgan fingerprint density at radius 3 is 2.74 bits per heavy atom. The van der Waals surface area contributed by atoms with Gasteiger partial charge in [-0.3, -0.25) is 4.79 Å². The Kier molecular flexibility index (Phi) is 2.68. The summed E-state index contributed by atoms with van der Waals surface area (Å²) in [6.07, 6.45) is 0. The number of nitrogens with zero attached hydrogens (tertiary/aromatic N) is 2. The third-order valence-electron chi connectivity index (χ3n) is 4.20. The van der Waals surface area contributed by atoms with Crippen LogP contribution < -0.4 is 16.0 Å². The predicted octanol–water partition coefficient (Wildman–Crippen LogP) is 2.26. The molecule has 0 atom stereocenters. The molecule has 0 radical (unpaired) electrons. The van der Waals surface area contributed by atoms with Crippen LogP contribution in [0.3, 0.4) is 0 Å². The molecule has 6 nitrogen and oxygen atoms in total. The minimum atomic E-state index is -0.165. The highest BCUT2D eigenvalue weighted by molar-refractivity contribution is 6.40. The molecule has 2 heterocycles. The lowest BCUT2D eigenvalue weighted by atomic mass is 10.0. The van der Waals surface area contributed by atoms with Crippen molar-refractivity contribution in [1.82, 2.24) is 0 Å². The summed E-state index contributed by atoms with van der Waals surface area (Å²) in [7, 11) is 1.71. The van der Waals surface area contributed by atoms with Gasteiger partial charge in [0.2, 0.25) is 0 Å². The van der Waals surface area contributed by atoms with Crippen molar-refractivity contribution in [2.75, 3.05) is 23.0 Å². The SMILES string of the molecule is CN1C(=O)/C(=C2\Nc3ccccc3\C2=N/O)c2cc(N)ccc21. The summed E-state index contributed by atoms with van der Waals surface area (Å²) in [4.78, 5) is 14.3. The Bertz CT molecular complexity index is 915. The van der Waals surface area contributed by atoms with Gasteiger partial charge in [0.1, 0.15) is 5.71 Å². The number of carbonyl (C=O) groups excluding carboxylic acids is 1. The van der Waals surface area contributed by atoms with Crippen LogP contribution >= 0.6 is 0 Å². The van der Waals surface area contributed by atoms with Crippen molar-refractivity contribution in [1.29, 1.82) is 0 Å². The number of hydrogen-bond acceptors (Lipinski definition) is 5. The molecule has 4 N–H and O–H groups in total. The van der Waals surface area contributed by atoms with Crippen molar-refractivity contribution >= 4 is 34.3 Å². The maximum absolute atomic E-state index is 12.7. The third kappa shape index (κ3) is 1.75. The first kappa shape index (κ1) is 13.4. The topological polar surface area (TPSA) is 91.0 Å². The highest BCUT2D eigenvalue weighted by Gasteiger charge is 2.37. The first-order chi connectivity index (χ1) is 11.1. The lowest BCUT2D eigenvalue weighted by molar-refractivity contribution is -0.112. The van der Waals surface area contributed by atoms with Crippen molar-refractivity contribution in [3.8, 4) is 0 Å². The van der Waals surface area contributed by atoms with Gasteiger partial charge in [-0.05, 0) is 24.3 Å². The number of nitrogen functional groups attached to an aromatic ring is 1. The minimum Gasteiger partial charge on any atom is -0.410 e. The summed E-state index contributed by atoms with van der Waals surface area (Å²) in [5.41, 5.74) is 10.8. The second-order valence-electron chi connectivity index (χ2n) is 5.51. The molecule has 2 aromatic carbocycles. The zero-order valence-corrected chi connectivity index (χ0v) is 12.4. The second-order valence-corrected chi connectivity index (χ2v) is 5.51. The average Bonchev–Trinajstić information content (AvgIpc) is 3.03. The predicted molar refractivity (Wildman–Crippen MR) is 89.6 cm³/mol. The Morgan fingerprint density at radius 2 is 1.96 bits per heavy atom. The van der Waals surface area contributed by atoms with Gasteiger partial charge in [-0.2, -0.15) is 0 Å². The molecule has 0 spiro atoms. The number of nitrogens with one attached hydrogen (secondary N) is 1. The fraction of sp³-hybridized carbons (Fsp3) is 0.0588. The van der Waals surface area contributed by atoms with E-state index in [0.717, 1.165) is 22.5 Å². The molecule has 114 valence electrons. The van der Waals surface area contributed by atoms with Crippen LogP contribution in [0, 0.1) is 0 Å². The first-order valence-electron chi connectivity index (χ1n) is 7.13. The number of likely N-dealkylation sites (N-methyl/N-ethyl adjacent to an activating group) is 1. The number of benzene rings is 2. The van der Waals surface area contributed by atoms with Crippen molar-refractivity contribution in [3.63, 3.8) is 0 Å². The number of allylic oxidation sites excluding steroid dienone is 1. The molecule has 6 heteroatoms. The van der Waals surface area contributed by atoms with Crippen molar-refractivity contribution < 1.29 is 10.0 Å². The van der Waals surface area contributed by atoms with E-state index in [1.54, 1.807) is 24.1 Å². The summed E-state index contributed by atoms with van der Waals surface area (Å²) >= 11 is 0. The van der Waals surface area contributed by atoms with Crippen LogP contribution in [0.5, 0.6) is 0 Å². The van der Waals surface area contributed by atoms with Gasteiger partial charge in [0.25, 0.3) is 5.91 Å². The van der Waals surface area contributed by atoms with E-state index in [1.807, 2.05) is 30.3 Å². The minimum absolute atomic E-state index is 0.165. The number of carbonyl (C=O) groups is 1. The highest BCUT2D eigenvalue weighted by atomic mass is 16.4. The normalized spacial score (nSPS) is 20.7. The van der Waals surface area contributed by atoms with Gasteiger partial charge >= 0.3 is 0 Å². The monoisotopic (exact) mass is 306 g/mol. The van der Waals surface area contributed by atoms with Gasteiger partial charge in [0.05, 0.1) is 17.0 Å². The molecule has 2 aliphatic heterocycles. The molecule has 0 bridgehead atoms. The zero-order chi connectivity index (χ0) is 16.1. The number of anilines is 3. The highest BCUT2D eigenvalue weighted by Crippen LogP contribution is 2.41. The Hall–Kier alpha value is -3.28. The number of para-hydroxylation sites is 1. The van der Waals surface area contributed by atoms with Gasteiger partial charge in [0.15, 0.2) is 0 Å². The van der Waals surface area contributed by atoms with Gasteiger partial charge in [0, 0.05) is 29.5 Å². The second kappa shape index (κ2) is 4.61. The molecule has 23 heavy (non-hydrogen) atoms. The third-order valence-corrected chi connectivity index (χ3v) is 4.20. The summed E-state index contributed by atoms with van der Waals surface area (Å²) in [6.45, 7) is 0. The van der Waals surface area contributed by atoms with Crippen LogP contribution in [0.1, 0.15) is 11.1 Å². The van der Waals surface area contributed by atoms with E-state index in [9.17, 15) is 10.0 Å². The van der Waals surface area contributed by atoms with Crippen molar-refractivity contribution in [2.45, 2.75) is 0 Å². The molecule has 0 saturated carbocycles. The molecular formula is C17H14N4O2. The van der Waals surface area contributed by atoms with E-state index < -0.39 is 0 Å². The van der Waals surface area contributed by atoms with Gasteiger partial charge < -0.3 is 21.2 Å². The van der Waals surface area contributed by atoms with Crippen LogP contribution in [0.15, 0.2) is 53.3 Å². The van der Waals surface area contributed by atoms with Gasteiger partial charge in [-0.25, -0.2) is 0 Å². The van der Waals surface area contributed by atoms with Crippen LogP contribution in [0.2, 0.25) is 0 Å². The summed E-state index contributed by atoms with van der Waals surface area (Å²) in [6, 6.07) is 12.8. The number of oxime groups is 1. The largest absolute Gasteiger partial charge is 0.410 e. The van der Waals surface area contributed by atoms with Crippen molar-refractivity contribution in [3.05, 3.63) is 59.3 Å². The smallest absolute Gasteiger partial charge is 0.260 e. The number of hydrogen-bond donors (Lipinski definition) is 3. The van der Waals surface area contributed by atoms with Crippen LogP contribution in [-0.2, 0) is 4.79 Å². The molecule has 0 unspecified atom stereocenters. The van der Waals surface area contributed by atoms with Crippen LogP contribution in [0.25, 0.3) is 5.57 Å². The fourth-order valence-electron chi connectivity index (χ4n) is 3.09. The molecule has 0 aliphatic carbocycles. The molecule has 0 fully saturated rings. The van der Waals surface area contributed by atoms with Crippen LogP contribution in [0.4, 0.5) is 17.1 Å². The maximum Gasteiger partial charge on any atom is 0.260 e. The van der Waals surface area contributed by atoms with E-state index >= 15 is 0 Å². The van der Waals surface area contributed by atoms with Crippen LogP contribution in [-0.4, -0.2) is 23.9 Å². The molecule has 2 aromatic rings. The number of nitrogens with two attached hydrogens (primary N) is 1. The number of fused-ring (bicyclic) bond motifs is 2. The Morgan fingerprint density at radius 1 is 1.17 bits per heavy atom. The summed E-state index contributed by atoms with van der Waals surface area (Å²) in [5, 5.41) is 16.1. The van der Waals surface area contributed by atoms with Gasteiger partial charge in [-0.1, -0.05) is 23.4 Å². The Labute approximate surface area is 132 Å². The average molecular weight is 306 g/mol. The number of amides is 1. The van der Waals surface area contributed by atoms with E-state index in [1.165, 1.54) is 0 Å². The molecule has 0 aromatic heterocycles. The zero-order valence-electron chi connectivity index (χ0n) is 12.4. The van der Waals surface area contributed by atoms with E-state index in [-0.39, 0.29) is 5.91 Å². The number of rotatable bonds is 0. The lowest BCUT2D eigenvalue weighted by Crippen LogP contribution is -2.22. The summed E-state index contributed by atoms with van der Waals surface area (Å²) in [5.74, 6) is -0.165. The van der Waals surface area contributed by atoms with E-state index in [0.29, 0.717) is 22.7 Å². The Balaban J connectivity index is 2.00. The van der Waals surface area contributed by atoms with E-state index in [4.69, 9.17) is 5.73 Å². The lowest BCUT2D eigenvalue weighted by Gasteiger charge is -2.08. The van der Waals surface area contributed by atoms with E-state index in [2.05, 4.69) is 10.5 Å². The molecule has 2 aliphatic rings. The van der Waals surface area contributed by atoms with Crippen molar-refractivity contribution in [2.24, 2.45) is 5.16 Å². The molecule has 1 amide bonds. The van der Waals surface area contributed by atoms with Gasteiger partial charge in [-0.15, -0.1) is 0 Å². The fourth-order valence-corrected chi connectivity index (χ4v) is 3.09. The molecule has 0 saturated heterocycles. The quantitative estimate of drug-likeness (QED) is 0.301. The molecule has 4 rings (SSSR count). The summed E-state index contributed by atoms with van der Waals surface area (Å²) < 4.78 is 0. The first-order valence-corrected chi connectivity index (χ1v) is 7.13. The molecular weight excluding hydrogens is 292 g/mol. The maximum atomic E-state index is 12.7.